The van der Waals surface area contributed by atoms with Gasteiger partial charge in [-0.3, -0.25) is 0 Å². The number of hydrogen-bond acceptors (Lipinski definition) is 4. The van der Waals surface area contributed by atoms with Crippen molar-refractivity contribution in [1.82, 2.24) is 9.97 Å². The number of benzene rings is 2. The van der Waals surface area contributed by atoms with Gasteiger partial charge >= 0.3 is 0 Å². The zero-order valence-corrected chi connectivity index (χ0v) is 11.0. The highest BCUT2D eigenvalue weighted by Crippen LogP contribution is 2.31. The molecule has 0 aliphatic carbocycles. The minimum absolute atomic E-state index is 0.741. The summed E-state index contributed by atoms with van der Waals surface area (Å²) >= 11 is 0. The lowest BCUT2D eigenvalue weighted by atomic mass is 10.1. The van der Waals surface area contributed by atoms with Crippen molar-refractivity contribution in [3.63, 3.8) is 0 Å². The fraction of sp³-hybridized carbons (Fsp3) is 0.125. The van der Waals surface area contributed by atoms with Gasteiger partial charge in [0.05, 0.1) is 5.52 Å². The van der Waals surface area contributed by atoms with E-state index in [9.17, 15) is 0 Å². The Morgan fingerprint density at radius 2 is 1.70 bits per heavy atom. The van der Waals surface area contributed by atoms with Crippen LogP contribution in [0.5, 0.6) is 0 Å². The van der Waals surface area contributed by atoms with E-state index in [4.69, 9.17) is 5.73 Å². The Balaban J connectivity index is 1.83. The lowest BCUT2D eigenvalue weighted by Gasteiger charge is -2.18. The summed E-state index contributed by atoms with van der Waals surface area (Å²) in [6, 6.07) is 14.3. The van der Waals surface area contributed by atoms with Gasteiger partial charge in [0.1, 0.15) is 12.1 Å². The maximum absolute atomic E-state index is 5.90. The number of nitrogens with two attached hydrogens (primary N) is 1. The summed E-state index contributed by atoms with van der Waals surface area (Å²) in [6.07, 6.45) is 1.62. The van der Waals surface area contributed by atoms with Gasteiger partial charge in [-0.15, -0.1) is 0 Å². The highest BCUT2D eigenvalue weighted by atomic mass is 15.2. The van der Waals surface area contributed by atoms with Gasteiger partial charge in [-0.2, -0.15) is 0 Å². The van der Waals surface area contributed by atoms with Crippen molar-refractivity contribution in [1.29, 1.82) is 0 Å². The zero-order valence-electron chi connectivity index (χ0n) is 11.0. The first kappa shape index (κ1) is 11.2. The molecule has 1 aliphatic rings. The monoisotopic (exact) mass is 262 g/mol. The maximum atomic E-state index is 5.90. The van der Waals surface area contributed by atoms with Crippen LogP contribution in [0.25, 0.3) is 10.9 Å². The number of aromatic nitrogens is 2. The van der Waals surface area contributed by atoms with Gasteiger partial charge < -0.3 is 10.6 Å². The van der Waals surface area contributed by atoms with Crippen molar-refractivity contribution in [2.24, 2.45) is 0 Å². The molecule has 4 rings (SSSR count). The third-order valence-corrected chi connectivity index (χ3v) is 3.78. The van der Waals surface area contributed by atoms with E-state index in [1.54, 1.807) is 6.33 Å². The lowest BCUT2D eigenvalue weighted by molar-refractivity contribution is 0.860. The Labute approximate surface area is 116 Å². The molecule has 4 nitrogen and oxygen atoms in total. The molecule has 0 atom stereocenters. The summed E-state index contributed by atoms with van der Waals surface area (Å²) in [5.41, 5.74) is 10.3. The second-order valence-electron chi connectivity index (χ2n) is 5.10. The van der Waals surface area contributed by atoms with Crippen molar-refractivity contribution < 1.29 is 0 Å². The van der Waals surface area contributed by atoms with E-state index in [0.29, 0.717) is 0 Å². The Morgan fingerprint density at radius 1 is 0.950 bits per heavy atom. The van der Waals surface area contributed by atoms with Gasteiger partial charge in [0.15, 0.2) is 0 Å². The summed E-state index contributed by atoms with van der Waals surface area (Å²) < 4.78 is 0. The molecule has 0 saturated heterocycles. The second-order valence-corrected chi connectivity index (χ2v) is 5.10. The van der Waals surface area contributed by atoms with Crippen LogP contribution >= 0.6 is 0 Å². The number of fused-ring (bicyclic) bond motifs is 2. The number of nitrogens with zero attached hydrogens (tertiary/aromatic N) is 3. The fourth-order valence-electron chi connectivity index (χ4n) is 2.80. The van der Waals surface area contributed by atoms with E-state index >= 15 is 0 Å². The van der Waals surface area contributed by atoms with Gasteiger partial charge in [-0.1, -0.05) is 24.3 Å². The van der Waals surface area contributed by atoms with Crippen LogP contribution in [0.3, 0.4) is 0 Å². The molecule has 0 saturated carbocycles. The largest absolute Gasteiger partial charge is 0.399 e. The van der Waals surface area contributed by atoms with Gasteiger partial charge in [0.2, 0.25) is 0 Å². The maximum Gasteiger partial charge on any atom is 0.140 e. The predicted molar refractivity (Wildman–Crippen MR) is 80.3 cm³/mol. The molecule has 2 heterocycles. The van der Waals surface area contributed by atoms with E-state index in [2.05, 4.69) is 39.1 Å². The van der Waals surface area contributed by atoms with E-state index in [1.807, 2.05) is 18.2 Å². The highest BCUT2D eigenvalue weighted by Gasteiger charge is 2.21. The van der Waals surface area contributed by atoms with Crippen LogP contribution in [0.2, 0.25) is 0 Å². The van der Waals surface area contributed by atoms with Crippen molar-refractivity contribution in [3.05, 3.63) is 59.9 Å². The quantitative estimate of drug-likeness (QED) is 0.685. The Morgan fingerprint density at radius 3 is 2.45 bits per heavy atom. The van der Waals surface area contributed by atoms with Gasteiger partial charge in [0.25, 0.3) is 0 Å². The van der Waals surface area contributed by atoms with E-state index in [1.165, 1.54) is 11.1 Å². The van der Waals surface area contributed by atoms with Crippen LogP contribution in [0.15, 0.2) is 48.8 Å². The average molecular weight is 262 g/mol. The van der Waals surface area contributed by atoms with Crippen LogP contribution in [0.4, 0.5) is 11.5 Å². The van der Waals surface area contributed by atoms with Crippen LogP contribution in [-0.2, 0) is 13.1 Å². The smallest absolute Gasteiger partial charge is 0.140 e. The minimum Gasteiger partial charge on any atom is -0.399 e. The Bertz CT molecular complexity index is 772. The molecule has 0 spiro atoms. The van der Waals surface area contributed by atoms with Gasteiger partial charge in [-0.25, -0.2) is 9.97 Å². The predicted octanol–water partition coefficient (Wildman–Crippen LogP) is 2.73. The van der Waals surface area contributed by atoms with Crippen molar-refractivity contribution in [3.8, 4) is 0 Å². The SMILES string of the molecule is Nc1ccc2ncnc(N3Cc4ccccc4C3)c2c1. The molecule has 1 aliphatic heterocycles. The van der Waals surface area contributed by atoms with Crippen molar-refractivity contribution in [2.45, 2.75) is 13.1 Å². The van der Waals surface area contributed by atoms with Crippen molar-refractivity contribution in [2.75, 3.05) is 10.6 Å². The van der Waals surface area contributed by atoms with Crippen molar-refractivity contribution >= 4 is 22.4 Å². The first-order valence-electron chi connectivity index (χ1n) is 6.63. The molecular formula is C16H14N4. The van der Waals surface area contributed by atoms with Gasteiger partial charge in [-0.05, 0) is 29.3 Å². The molecule has 2 N–H and O–H groups in total. The molecule has 0 amide bonds. The third-order valence-electron chi connectivity index (χ3n) is 3.78. The zero-order chi connectivity index (χ0) is 13.5. The minimum atomic E-state index is 0.741. The molecule has 0 fully saturated rings. The molecule has 0 unspecified atom stereocenters. The standard InChI is InChI=1S/C16H14N4/c17-13-5-6-15-14(7-13)16(19-10-18-15)20-8-11-3-1-2-4-12(11)9-20/h1-7,10H,8-9,17H2. The summed E-state index contributed by atoms with van der Waals surface area (Å²) in [6.45, 7) is 1.77. The molecule has 20 heavy (non-hydrogen) atoms. The fourth-order valence-corrected chi connectivity index (χ4v) is 2.80. The Hall–Kier alpha value is -2.62. The molecule has 0 radical (unpaired) electrons. The van der Waals surface area contributed by atoms with Crippen LogP contribution in [-0.4, -0.2) is 9.97 Å². The molecule has 3 aromatic rings. The second kappa shape index (κ2) is 4.20. The molecule has 2 aromatic carbocycles. The highest BCUT2D eigenvalue weighted by molar-refractivity contribution is 5.91. The van der Waals surface area contributed by atoms with E-state index in [0.717, 1.165) is 35.5 Å². The number of anilines is 2. The summed E-state index contributed by atoms with van der Waals surface area (Å²) in [5, 5.41) is 1.01. The Kier molecular flexibility index (Phi) is 2.36. The first-order chi connectivity index (χ1) is 9.81. The van der Waals surface area contributed by atoms with Crippen LogP contribution in [0.1, 0.15) is 11.1 Å². The van der Waals surface area contributed by atoms with E-state index in [-0.39, 0.29) is 0 Å². The van der Waals surface area contributed by atoms with Crippen LogP contribution in [0, 0.1) is 0 Å². The van der Waals surface area contributed by atoms with Gasteiger partial charge in [0, 0.05) is 24.2 Å². The molecule has 98 valence electrons. The number of hydrogen-bond donors (Lipinski definition) is 1. The summed E-state index contributed by atoms with van der Waals surface area (Å²) in [5.74, 6) is 0.957. The average Bonchev–Trinajstić information content (AvgIpc) is 2.90. The normalized spacial score (nSPS) is 13.7. The topological polar surface area (TPSA) is 55.0 Å². The summed E-state index contributed by atoms with van der Waals surface area (Å²) in [7, 11) is 0. The molecule has 0 bridgehead atoms. The lowest BCUT2D eigenvalue weighted by Crippen LogP contribution is -2.16. The molecule has 4 heteroatoms. The summed E-state index contributed by atoms with van der Waals surface area (Å²) in [4.78, 5) is 11.1. The van der Waals surface area contributed by atoms with Crippen LogP contribution < -0.4 is 10.6 Å². The van der Waals surface area contributed by atoms with E-state index < -0.39 is 0 Å². The number of rotatable bonds is 1. The third kappa shape index (κ3) is 1.69. The molecule has 1 aromatic heterocycles. The number of nitrogen functional groups attached to an aromatic ring is 1. The molecular weight excluding hydrogens is 248 g/mol. The first-order valence-corrected chi connectivity index (χ1v) is 6.63.